The topological polar surface area (TPSA) is 29.4 Å². The van der Waals surface area contributed by atoms with Crippen LogP contribution in [0, 0.1) is 0 Å². The fraction of sp³-hybridized carbons (Fsp3) is 0.333. The summed E-state index contributed by atoms with van der Waals surface area (Å²) in [5, 5.41) is 0. The molecule has 1 rings (SSSR count). The van der Waals surface area contributed by atoms with E-state index in [0.29, 0.717) is 6.42 Å². The lowest BCUT2D eigenvalue weighted by Gasteiger charge is -2.01. The summed E-state index contributed by atoms with van der Waals surface area (Å²) in [6.45, 7) is 1.80. The van der Waals surface area contributed by atoms with Gasteiger partial charge < -0.3 is 0 Å². The SMILES string of the molecule is CC1=CC(=O)CC(Br)=N1. The molecule has 0 atom stereocenters. The van der Waals surface area contributed by atoms with E-state index in [2.05, 4.69) is 20.9 Å². The molecule has 48 valence electrons. The van der Waals surface area contributed by atoms with Crippen LogP contribution in [0.3, 0.4) is 0 Å². The summed E-state index contributed by atoms with van der Waals surface area (Å²) in [5.74, 6) is 0.120. The van der Waals surface area contributed by atoms with Crippen molar-refractivity contribution in [3.63, 3.8) is 0 Å². The zero-order valence-electron chi connectivity index (χ0n) is 5.02. The van der Waals surface area contributed by atoms with Crippen molar-refractivity contribution in [2.75, 3.05) is 0 Å². The minimum Gasteiger partial charge on any atom is -0.294 e. The van der Waals surface area contributed by atoms with Gasteiger partial charge in [0, 0.05) is 11.8 Å². The number of carbonyl (C=O) groups excluding carboxylic acids is 1. The van der Waals surface area contributed by atoms with Crippen LogP contribution in [0.4, 0.5) is 0 Å². The van der Waals surface area contributed by atoms with Gasteiger partial charge in [-0.25, -0.2) is 0 Å². The number of halogens is 1. The summed E-state index contributed by atoms with van der Waals surface area (Å²) >= 11 is 3.16. The van der Waals surface area contributed by atoms with Gasteiger partial charge in [-0.1, -0.05) is 0 Å². The molecule has 0 radical (unpaired) electrons. The minimum atomic E-state index is 0.120. The molecular formula is C6H6BrNO. The molecule has 1 aliphatic rings. The Balaban J connectivity index is 2.86. The number of carbonyl (C=O) groups is 1. The molecular weight excluding hydrogens is 182 g/mol. The fourth-order valence-electron chi connectivity index (χ4n) is 0.691. The van der Waals surface area contributed by atoms with Crippen LogP contribution >= 0.6 is 15.9 Å². The second-order valence-electron chi connectivity index (χ2n) is 1.92. The molecule has 3 heteroatoms. The van der Waals surface area contributed by atoms with Crippen LogP contribution in [-0.2, 0) is 4.79 Å². The number of allylic oxidation sites excluding steroid dienone is 2. The summed E-state index contributed by atoms with van der Waals surface area (Å²) < 4.78 is 0.729. The third kappa shape index (κ3) is 1.75. The number of hydrogen-bond donors (Lipinski definition) is 0. The maximum absolute atomic E-state index is 10.7. The summed E-state index contributed by atoms with van der Waals surface area (Å²) in [6.07, 6.45) is 1.96. The van der Waals surface area contributed by atoms with Gasteiger partial charge in [0.25, 0.3) is 0 Å². The monoisotopic (exact) mass is 187 g/mol. The molecule has 0 aliphatic carbocycles. The maximum atomic E-state index is 10.7. The molecule has 0 aromatic rings. The number of rotatable bonds is 0. The molecule has 0 unspecified atom stereocenters. The molecule has 0 spiro atoms. The Morgan fingerprint density at radius 1 is 1.78 bits per heavy atom. The minimum absolute atomic E-state index is 0.120. The van der Waals surface area contributed by atoms with Crippen LogP contribution in [0.15, 0.2) is 16.8 Å². The van der Waals surface area contributed by atoms with Gasteiger partial charge in [-0.2, -0.15) is 0 Å². The fourth-order valence-corrected chi connectivity index (χ4v) is 1.25. The first-order valence-electron chi connectivity index (χ1n) is 2.62. The number of nitrogens with zero attached hydrogens (tertiary/aromatic N) is 1. The molecule has 0 aromatic carbocycles. The van der Waals surface area contributed by atoms with Crippen molar-refractivity contribution in [2.45, 2.75) is 13.3 Å². The lowest BCUT2D eigenvalue weighted by atomic mass is 10.2. The highest BCUT2D eigenvalue weighted by Crippen LogP contribution is 2.10. The van der Waals surface area contributed by atoms with E-state index in [0.717, 1.165) is 10.3 Å². The molecule has 1 aliphatic heterocycles. The van der Waals surface area contributed by atoms with Gasteiger partial charge >= 0.3 is 0 Å². The predicted molar refractivity (Wildman–Crippen MR) is 39.7 cm³/mol. The van der Waals surface area contributed by atoms with E-state index in [1.54, 1.807) is 13.0 Å². The van der Waals surface area contributed by atoms with E-state index in [9.17, 15) is 4.79 Å². The average molecular weight is 188 g/mol. The Morgan fingerprint density at radius 3 is 2.89 bits per heavy atom. The molecule has 9 heavy (non-hydrogen) atoms. The lowest BCUT2D eigenvalue weighted by Crippen LogP contribution is -2.04. The van der Waals surface area contributed by atoms with Crippen LogP contribution in [0.1, 0.15) is 13.3 Å². The first kappa shape index (κ1) is 6.68. The summed E-state index contributed by atoms with van der Waals surface area (Å²) in [5.41, 5.74) is 0.776. The quantitative estimate of drug-likeness (QED) is 0.568. The standard InChI is InChI=1S/C6H6BrNO/c1-4-2-5(9)3-6(7)8-4/h2H,3H2,1H3. The van der Waals surface area contributed by atoms with Crippen molar-refractivity contribution in [3.8, 4) is 0 Å². The highest BCUT2D eigenvalue weighted by molar-refractivity contribution is 9.18. The molecule has 0 aromatic heterocycles. The second-order valence-corrected chi connectivity index (χ2v) is 2.83. The highest BCUT2D eigenvalue weighted by Gasteiger charge is 2.07. The van der Waals surface area contributed by atoms with Gasteiger partial charge in [0.2, 0.25) is 0 Å². The average Bonchev–Trinajstić information content (AvgIpc) is 1.59. The predicted octanol–water partition coefficient (Wildman–Crippen LogP) is 1.66. The first-order valence-corrected chi connectivity index (χ1v) is 3.42. The van der Waals surface area contributed by atoms with E-state index in [1.807, 2.05) is 0 Å². The molecule has 1 heterocycles. The Labute approximate surface area is 61.8 Å². The Hall–Kier alpha value is -0.440. The highest BCUT2D eigenvalue weighted by atomic mass is 79.9. The van der Waals surface area contributed by atoms with Gasteiger partial charge in [0.15, 0.2) is 5.78 Å². The van der Waals surface area contributed by atoms with Crippen molar-refractivity contribution in [1.29, 1.82) is 0 Å². The smallest absolute Gasteiger partial charge is 0.163 e. The van der Waals surface area contributed by atoms with Gasteiger partial charge in [0.1, 0.15) is 0 Å². The Morgan fingerprint density at radius 2 is 2.44 bits per heavy atom. The normalized spacial score (nSPS) is 19.1. The third-order valence-corrected chi connectivity index (χ3v) is 1.45. The van der Waals surface area contributed by atoms with Gasteiger partial charge in [-0.15, -0.1) is 0 Å². The van der Waals surface area contributed by atoms with Crippen LogP contribution < -0.4 is 0 Å². The van der Waals surface area contributed by atoms with E-state index in [4.69, 9.17) is 0 Å². The molecule has 0 saturated carbocycles. The second kappa shape index (κ2) is 2.43. The van der Waals surface area contributed by atoms with Crippen molar-refractivity contribution in [2.24, 2.45) is 4.99 Å². The Kier molecular flexibility index (Phi) is 1.81. The van der Waals surface area contributed by atoms with Crippen LogP contribution in [-0.4, -0.2) is 10.4 Å². The zero-order chi connectivity index (χ0) is 6.85. The van der Waals surface area contributed by atoms with Crippen LogP contribution in [0.2, 0.25) is 0 Å². The third-order valence-electron chi connectivity index (χ3n) is 0.988. The zero-order valence-corrected chi connectivity index (χ0v) is 6.60. The number of aliphatic imine (C=N–C) groups is 1. The van der Waals surface area contributed by atoms with E-state index in [1.165, 1.54) is 0 Å². The molecule has 0 fully saturated rings. The molecule has 0 amide bonds. The summed E-state index contributed by atoms with van der Waals surface area (Å²) in [6, 6.07) is 0. The van der Waals surface area contributed by atoms with Crippen LogP contribution in [0.5, 0.6) is 0 Å². The lowest BCUT2D eigenvalue weighted by molar-refractivity contribution is -0.113. The number of hydrogen-bond acceptors (Lipinski definition) is 2. The van der Waals surface area contributed by atoms with Gasteiger partial charge in [0.05, 0.1) is 11.0 Å². The van der Waals surface area contributed by atoms with Crippen molar-refractivity contribution in [1.82, 2.24) is 0 Å². The van der Waals surface area contributed by atoms with E-state index >= 15 is 0 Å². The molecule has 0 saturated heterocycles. The maximum Gasteiger partial charge on any atom is 0.163 e. The summed E-state index contributed by atoms with van der Waals surface area (Å²) in [4.78, 5) is 14.7. The van der Waals surface area contributed by atoms with Crippen LogP contribution in [0.25, 0.3) is 0 Å². The van der Waals surface area contributed by atoms with Gasteiger partial charge in [-0.05, 0) is 22.9 Å². The van der Waals surface area contributed by atoms with Crippen molar-refractivity contribution < 1.29 is 4.79 Å². The van der Waals surface area contributed by atoms with Crippen molar-refractivity contribution >= 4 is 26.3 Å². The van der Waals surface area contributed by atoms with E-state index < -0.39 is 0 Å². The molecule has 2 nitrogen and oxygen atoms in total. The van der Waals surface area contributed by atoms with E-state index in [-0.39, 0.29) is 5.78 Å². The molecule has 0 bridgehead atoms. The van der Waals surface area contributed by atoms with Gasteiger partial charge in [-0.3, -0.25) is 9.79 Å². The Bertz CT molecular complexity index is 205. The van der Waals surface area contributed by atoms with Crippen molar-refractivity contribution in [3.05, 3.63) is 11.8 Å². The number of ketones is 1. The molecule has 0 N–H and O–H groups in total. The first-order chi connectivity index (χ1) is 4.18. The summed E-state index contributed by atoms with van der Waals surface area (Å²) in [7, 11) is 0. The largest absolute Gasteiger partial charge is 0.294 e.